The summed E-state index contributed by atoms with van der Waals surface area (Å²) in [5.41, 5.74) is 3.61. The van der Waals surface area contributed by atoms with Gasteiger partial charge in [0.25, 0.3) is 0 Å². The van der Waals surface area contributed by atoms with E-state index in [4.69, 9.17) is 22.1 Å². The number of halogens is 1. The van der Waals surface area contributed by atoms with Crippen LogP contribution < -0.4 is 11.4 Å². The monoisotopic (exact) mass is 321 g/mol. The standard InChI is InChI=1S/C11H16ClN3O4S/c1-20-5-11(4-16)8(17)7(12)9(19-11)15-3-2-6(13)14-10(15)18/h2-3,7-9,16-17H,4-5H2,1H3,(H2,13,14,18)/t7-,8-,9+,11-/m0/s1. The van der Waals surface area contributed by atoms with Crippen molar-refractivity contribution >= 4 is 29.2 Å². The van der Waals surface area contributed by atoms with Crippen molar-refractivity contribution in [3.63, 3.8) is 0 Å². The van der Waals surface area contributed by atoms with E-state index in [1.54, 1.807) is 0 Å². The van der Waals surface area contributed by atoms with Crippen molar-refractivity contribution in [1.29, 1.82) is 0 Å². The molecule has 1 fully saturated rings. The van der Waals surface area contributed by atoms with Crippen molar-refractivity contribution in [2.75, 3.05) is 24.3 Å². The molecule has 0 aromatic carbocycles. The van der Waals surface area contributed by atoms with Crippen LogP contribution >= 0.6 is 23.4 Å². The van der Waals surface area contributed by atoms with E-state index in [0.717, 1.165) is 4.57 Å². The number of thioether (sulfide) groups is 1. The van der Waals surface area contributed by atoms with Crippen LogP contribution in [0.3, 0.4) is 0 Å². The zero-order valence-corrected chi connectivity index (χ0v) is 12.3. The van der Waals surface area contributed by atoms with Crippen molar-refractivity contribution in [2.45, 2.75) is 23.3 Å². The summed E-state index contributed by atoms with van der Waals surface area (Å²) < 4.78 is 6.86. The molecule has 0 bridgehead atoms. The molecule has 0 unspecified atom stereocenters. The number of nitrogens with two attached hydrogens (primary N) is 1. The van der Waals surface area contributed by atoms with Gasteiger partial charge in [-0.25, -0.2) is 4.79 Å². The first-order chi connectivity index (χ1) is 9.45. The van der Waals surface area contributed by atoms with Crippen molar-refractivity contribution in [1.82, 2.24) is 9.55 Å². The summed E-state index contributed by atoms with van der Waals surface area (Å²) >= 11 is 7.56. The summed E-state index contributed by atoms with van der Waals surface area (Å²) in [6, 6.07) is 1.44. The number of nitrogens with zero attached hydrogens (tertiary/aromatic N) is 2. The SMILES string of the molecule is CSC[C@]1(CO)O[C@@H](n2ccc(N)nc2=O)[C@@H](Cl)[C@@H]1O. The number of aromatic nitrogens is 2. The van der Waals surface area contributed by atoms with Gasteiger partial charge >= 0.3 is 5.69 Å². The largest absolute Gasteiger partial charge is 0.393 e. The van der Waals surface area contributed by atoms with Crippen LogP contribution in [-0.2, 0) is 4.74 Å². The molecule has 7 nitrogen and oxygen atoms in total. The molecule has 4 N–H and O–H groups in total. The van der Waals surface area contributed by atoms with Crippen LogP contribution in [0.4, 0.5) is 5.82 Å². The highest BCUT2D eigenvalue weighted by atomic mass is 35.5. The smallest absolute Gasteiger partial charge is 0.351 e. The molecule has 1 aromatic rings. The Hall–Kier alpha value is -0.800. The lowest BCUT2D eigenvalue weighted by atomic mass is 10.00. The number of aliphatic hydroxyl groups excluding tert-OH is 2. The Kier molecular flexibility index (Phi) is 4.60. The molecule has 1 saturated heterocycles. The summed E-state index contributed by atoms with van der Waals surface area (Å²) in [7, 11) is 0. The molecule has 1 aromatic heterocycles. The third-order valence-electron chi connectivity index (χ3n) is 3.25. The maximum Gasteiger partial charge on any atom is 0.351 e. The van der Waals surface area contributed by atoms with Gasteiger partial charge in [-0.1, -0.05) is 0 Å². The van der Waals surface area contributed by atoms with Gasteiger partial charge in [-0.3, -0.25) is 4.57 Å². The molecular weight excluding hydrogens is 306 g/mol. The highest BCUT2D eigenvalue weighted by molar-refractivity contribution is 7.98. The van der Waals surface area contributed by atoms with Crippen molar-refractivity contribution in [3.8, 4) is 0 Å². The average Bonchev–Trinajstić information content (AvgIpc) is 2.65. The Balaban J connectivity index is 2.37. The number of ether oxygens (including phenoxy) is 1. The third kappa shape index (κ3) is 2.53. The number of alkyl halides is 1. The van der Waals surface area contributed by atoms with Gasteiger partial charge in [-0.05, 0) is 12.3 Å². The number of hydrogen-bond acceptors (Lipinski definition) is 7. The summed E-state index contributed by atoms with van der Waals surface area (Å²) in [5.74, 6) is 0.440. The number of rotatable bonds is 4. The second kappa shape index (κ2) is 5.90. The van der Waals surface area contributed by atoms with Gasteiger partial charge < -0.3 is 20.7 Å². The zero-order chi connectivity index (χ0) is 14.9. The average molecular weight is 322 g/mol. The first-order valence-corrected chi connectivity index (χ1v) is 7.72. The maximum atomic E-state index is 11.8. The van der Waals surface area contributed by atoms with Crippen LogP contribution in [0.2, 0.25) is 0 Å². The van der Waals surface area contributed by atoms with E-state index in [-0.39, 0.29) is 5.82 Å². The van der Waals surface area contributed by atoms with Gasteiger partial charge in [0.15, 0.2) is 6.23 Å². The molecule has 0 amide bonds. The highest BCUT2D eigenvalue weighted by Crippen LogP contribution is 2.41. The van der Waals surface area contributed by atoms with Gasteiger partial charge in [0.05, 0.1) is 6.61 Å². The first-order valence-electron chi connectivity index (χ1n) is 5.89. The van der Waals surface area contributed by atoms with Gasteiger partial charge in [-0.2, -0.15) is 16.7 Å². The lowest BCUT2D eigenvalue weighted by Crippen LogP contribution is -2.47. The molecule has 9 heteroatoms. The van der Waals surface area contributed by atoms with Crippen LogP contribution in [0.5, 0.6) is 0 Å². The molecule has 2 rings (SSSR count). The fourth-order valence-electron chi connectivity index (χ4n) is 2.19. The predicted octanol–water partition coefficient (Wildman–Crippen LogP) is -0.583. The quantitative estimate of drug-likeness (QED) is 0.636. The van der Waals surface area contributed by atoms with Crippen LogP contribution in [0.15, 0.2) is 17.1 Å². The number of anilines is 1. The zero-order valence-electron chi connectivity index (χ0n) is 10.8. The fourth-order valence-corrected chi connectivity index (χ4v) is 3.41. The van der Waals surface area contributed by atoms with Crippen molar-refractivity contribution < 1.29 is 14.9 Å². The lowest BCUT2D eigenvalue weighted by molar-refractivity contribution is -0.113. The second-order valence-corrected chi connectivity index (χ2v) is 5.97. The maximum absolute atomic E-state index is 11.8. The van der Waals surface area contributed by atoms with Gasteiger partial charge in [-0.15, -0.1) is 11.6 Å². The molecule has 1 aliphatic rings. The van der Waals surface area contributed by atoms with Crippen LogP contribution in [0.1, 0.15) is 6.23 Å². The van der Waals surface area contributed by atoms with E-state index >= 15 is 0 Å². The minimum atomic E-state index is -1.20. The molecule has 112 valence electrons. The van der Waals surface area contributed by atoms with E-state index in [2.05, 4.69) is 4.98 Å². The number of hydrogen-bond donors (Lipinski definition) is 3. The topological polar surface area (TPSA) is 111 Å². The Morgan fingerprint density at radius 2 is 2.40 bits per heavy atom. The fraction of sp³-hybridized carbons (Fsp3) is 0.636. The Bertz CT molecular complexity index is 543. The van der Waals surface area contributed by atoms with Crippen molar-refractivity contribution in [2.24, 2.45) is 0 Å². The van der Waals surface area contributed by atoms with Crippen LogP contribution in [-0.4, -0.2) is 55.5 Å². The Morgan fingerprint density at radius 1 is 1.70 bits per heavy atom. The van der Waals surface area contributed by atoms with E-state index in [1.807, 2.05) is 6.26 Å². The molecular formula is C11H16ClN3O4S. The van der Waals surface area contributed by atoms with Crippen LogP contribution in [0.25, 0.3) is 0 Å². The minimum absolute atomic E-state index is 0.0912. The molecule has 1 aliphatic heterocycles. The Morgan fingerprint density at radius 3 is 2.95 bits per heavy atom. The predicted molar refractivity (Wildman–Crippen MR) is 76.9 cm³/mol. The van der Waals surface area contributed by atoms with E-state index in [1.165, 1.54) is 24.0 Å². The molecule has 4 atom stereocenters. The van der Waals surface area contributed by atoms with Gasteiger partial charge in [0.1, 0.15) is 22.9 Å². The summed E-state index contributed by atoms with van der Waals surface area (Å²) in [4.78, 5) is 15.4. The third-order valence-corrected chi connectivity index (χ3v) is 4.48. The van der Waals surface area contributed by atoms with Gasteiger partial charge in [0, 0.05) is 11.9 Å². The van der Waals surface area contributed by atoms with Gasteiger partial charge in [0.2, 0.25) is 0 Å². The summed E-state index contributed by atoms with van der Waals surface area (Å²) in [6.07, 6.45) is 1.22. The van der Waals surface area contributed by atoms with Crippen LogP contribution in [0, 0.1) is 0 Å². The number of nitrogen functional groups attached to an aromatic ring is 1. The number of aliphatic hydroxyl groups is 2. The highest BCUT2D eigenvalue weighted by Gasteiger charge is 2.54. The van der Waals surface area contributed by atoms with E-state index in [9.17, 15) is 15.0 Å². The molecule has 0 spiro atoms. The lowest BCUT2D eigenvalue weighted by Gasteiger charge is -2.29. The normalized spacial score (nSPS) is 33.5. The Labute approximate surface area is 124 Å². The van der Waals surface area contributed by atoms with Crippen molar-refractivity contribution in [3.05, 3.63) is 22.7 Å². The molecule has 0 saturated carbocycles. The molecule has 2 heterocycles. The summed E-state index contributed by atoms with van der Waals surface area (Å²) in [5, 5.41) is 18.9. The minimum Gasteiger partial charge on any atom is -0.393 e. The van der Waals surface area contributed by atoms with E-state index in [0.29, 0.717) is 5.75 Å². The summed E-state index contributed by atoms with van der Waals surface area (Å²) in [6.45, 7) is -0.397. The second-order valence-electron chi connectivity index (χ2n) is 4.60. The van der Waals surface area contributed by atoms with E-state index < -0.39 is 35.6 Å². The molecule has 0 aliphatic carbocycles. The molecule has 20 heavy (non-hydrogen) atoms. The first kappa shape index (κ1) is 15.6. The molecule has 0 radical (unpaired) electrons.